The number of allylic oxidation sites excluding steroid dienone is 1. The number of rotatable bonds is 7. The Morgan fingerprint density at radius 3 is 2.58 bits per heavy atom. The number of aromatic nitrogens is 1. The van der Waals surface area contributed by atoms with E-state index in [0.29, 0.717) is 55.3 Å². The first kappa shape index (κ1) is 36.6. The second-order valence-corrected chi connectivity index (χ2v) is 15.8. The quantitative estimate of drug-likeness (QED) is 0.269. The molecular formula is C43H52N4O6. The van der Waals surface area contributed by atoms with Gasteiger partial charge in [0, 0.05) is 60.3 Å². The molecule has 53 heavy (non-hydrogen) atoms. The molecule has 0 spiro atoms. The number of ether oxygens (including phenoxy) is 2. The maximum absolute atomic E-state index is 14.8. The molecule has 1 aromatic heterocycles. The minimum atomic E-state index is -1.16. The molecule has 280 valence electrons. The number of hydrogen-bond acceptors (Lipinski definition) is 7. The second kappa shape index (κ2) is 15.7. The SMILES string of the molecule is COc1ccc2c(O[C@H]3CC4C(=O)[C@@H](CC(=O)N5CCCC(C)C5)CCCCCC=C[C@@H]5C[C@@]5(C(N)=O)NC(=O)[C@@H]4C3)cc(-c3ccccc3)nc2c1. The van der Waals surface area contributed by atoms with Crippen LogP contribution in [0.15, 0.2) is 66.7 Å². The van der Waals surface area contributed by atoms with Crippen LogP contribution < -0.4 is 20.5 Å². The largest absolute Gasteiger partial charge is 0.497 e. The van der Waals surface area contributed by atoms with Crippen LogP contribution >= 0.6 is 0 Å². The number of pyridine rings is 1. The minimum Gasteiger partial charge on any atom is -0.497 e. The van der Waals surface area contributed by atoms with Gasteiger partial charge in [0.05, 0.1) is 24.2 Å². The van der Waals surface area contributed by atoms with E-state index in [9.17, 15) is 19.2 Å². The van der Waals surface area contributed by atoms with Crippen molar-refractivity contribution in [2.45, 2.75) is 89.2 Å². The Bertz CT molecular complexity index is 1880. The number of carbonyl (C=O) groups is 4. The molecule has 3 aromatic rings. The monoisotopic (exact) mass is 720 g/mol. The van der Waals surface area contributed by atoms with Crippen molar-refractivity contribution >= 4 is 34.4 Å². The molecule has 0 radical (unpaired) electrons. The van der Waals surface area contributed by atoms with Gasteiger partial charge in [0.25, 0.3) is 0 Å². The molecule has 10 heteroatoms. The summed E-state index contributed by atoms with van der Waals surface area (Å²) < 4.78 is 12.3. The van der Waals surface area contributed by atoms with Crippen molar-refractivity contribution in [2.75, 3.05) is 20.2 Å². The molecule has 2 unspecified atom stereocenters. The fraction of sp³-hybridized carbons (Fsp3) is 0.512. The lowest BCUT2D eigenvalue weighted by atomic mass is 9.80. The van der Waals surface area contributed by atoms with Crippen molar-refractivity contribution in [1.29, 1.82) is 0 Å². The highest BCUT2D eigenvalue weighted by atomic mass is 16.5. The van der Waals surface area contributed by atoms with Gasteiger partial charge < -0.3 is 25.4 Å². The molecule has 2 aromatic carbocycles. The molecule has 3 fully saturated rings. The third-order valence-corrected chi connectivity index (χ3v) is 12.0. The Labute approximate surface area is 311 Å². The number of Topliss-reactive ketones (excluding diaryl/α,β-unsaturated/α-hetero) is 1. The van der Waals surface area contributed by atoms with Crippen LogP contribution in [0.2, 0.25) is 0 Å². The number of nitrogens with one attached hydrogen (secondary N) is 1. The van der Waals surface area contributed by atoms with Crippen molar-refractivity contribution in [1.82, 2.24) is 15.2 Å². The molecule has 0 bridgehead atoms. The van der Waals surface area contributed by atoms with Crippen LogP contribution in [0.25, 0.3) is 22.2 Å². The maximum Gasteiger partial charge on any atom is 0.243 e. The molecule has 2 aliphatic carbocycles. The molecular weight excluding hydrogens is 668 g/mol. The van der Waals surface area contributed by atoms with E-state index >= 15 is 0 Å². The van der Waals surface area contributed by atoms with Crippen LogP contribution in [-0.4, -0.2) is 65.2 Å². The molecule has 7 atom stereocenters. The molecule has 2 saturated carbocycles. The number of primary amides is 1. The summed E-state index contributed by atoms with van der Waals surface area (Å²) in [4.78, 5) is 62.5. The van der Waals surface area contributed by atoms with Gasteiger partial charge in [-0.2, -0.15) is 0 Å². The zero-order chi connectivity index (χ0) is 37.1. The van der Waals surface area contributed by atoms with Crippen LogP contribution in [0.5, 0.6) is 11.5 Å². The number of nitrogens with zero attached hydrogens (tertiary/aromatic N) is 2. The average molecular weight is 721 g/mol. The Hall–Kier alpha value is -4.73. The van der Waals surface area contributed by atoms with Gasteiger partial charge in [0.1, 0.15) is 28.9 Å². The predicted octanol–water partition coefficient (Wildman–Crippen LogP) is 6.40. The summed E-state index contributed by atoms with van der Waals surface area (Å²) in [6, 6.07) is 17.4. The standard InChI is InChI=1S/C43H52N4O6/c1-27-12-11-19-47(26-27)39(48)20-29-15-7-4-3-5-10-16-30-25-43(30,42(44)51)46-41(50)35-22-32(21-34(35)40(29)49)53-38-24-36(28-13-8-6-9-14-28)45-37-23-31(52-2)17-18-33(37)38/h6,8-10,13-14,16-18,23-24,27,29-30,32,34-35H,3-5,7,11-12,15,19-22,25-26H2,1-2H3,(H2,44,51)(H,46,50)/t27?,29-,30-,32+,34?,35-,43-/m1/s1. The third kappa shape index (κ3) is 7.97. The second-order valence-electron chi connectivity index (χ2n) is 15.8. The van der Waals surface area contributed by atoms with Gasteiger partial charge in [-0.25, -0.2) is 4.98 Å². The van der Waals surface area contributed by atoms with Gasteiger partial charge in [0.2, 0.25) is 17.7 Å². The third-order valence-electron chi connectivity index (χ3n) is 12.0. The van der Waals surface area contributed by atoms with Crippen molar-refractivity contribution in [3.8, 4) is 22.8 Å². The fourth-order valence-electron chi connectivity index (χ4n) is 8.84. The fourth-order valence-corrected chi connectivity index (χ4v) is 8.84. The van der Waals surface area contributed by atoms with Crippen molar-refractivity contribution < 1.29 is 28.7 Å². The number of benzene rings is 2. The van der Waals surface area contributed by atoms with Gasteiger partial charge in [-0.05, 0) is 69.4 Å². The topological polar surface area (TPSA) is 141 Å². The number of amides is 3. The van der Waals surface area contributed by atoms with Gasteiger partial charge >= 0.3 is 0 Å². The number of nitrogens with two attached hydrogens (primary N) is 1. The Kier molecular flexibility index (Phi) is 10.9. The van der Waals surface area contributed by atoms with Gasteiger partial charge in [-0.1, -0.05) is 62.2 Å². The summed E-state index contributed by atoms with van der Waals surface area (Å²) in [6.07, 6.45) is 11.0. The summed E-state index contributed by atoms with van der Waals surface area (Å²) in [5.41, 5.74) is 7.10. The summed E-state index contributed by atoms with van der Waals surface area (Å²) in [6.45, 7) is 3.59. The Balaban J connectivity index is 1.21. The molecule has 4 aliphatic rings. The Morgan fingerprint density at radius 1 is 1.00 bits per heavy atom. The number of ketones is 1. The maximum atomic E-state index is 14.8. The van der Waals surface area contributed by atoms with E-state index in [2.05, 4.69) is 18.3 Å². The zero-order valence-corrected chi connectivity index (χ0v) is 30.9. The van der Waals surface area contributed by atoms with Gasteiger partial charge in [0.15, 0.2) is 0 Å². The predicted molar refractivity (Wildman–Crippen MR) is 203 cm³/mol. The lowest BCUT2D eigenvalue weighted by Gasteiger charge is -2.32. The first-order valence-corrected chi connectivity index (χ1v) is 19.5. The van der Waals surface area contributed by atoms with E-state index in [-0.39, 0.29) is 36.4 Å². The molecule has 10 nitrogen and oxygen atoms in total. The highest BCUT2D eigenvalue weighted by Crippen LogP contribution is 2.47. The van der Waals surface area contributed by atoms with E-state index < -0.39 is 35.3 Å². The van der Waals surface area contributed by atoms with E-state index in [0.717, 1.165) is 55.2 Å². The number of likely N-dealkylation sites (tertiary alicyclic amines) is 1. The number of fused-ring (bicyclic) bond motifs is 3. The normalized spacial score (nSPS) is 29.3. The van der Waals surface area contributed by atoms with E-state index in [4.69, 9.17) is 20.2 Å². The molecule has 7 rings (SSSR count). The first-order chi connectivity index (χ1) is 25.6. The highest BCUT2D eigenvalue weighted by Gasteiger charge is 2.60. The lowest BCUT2D eigenvalue weighted by Crippen LogP contribution is -2.51. The minimum absolute atomic E-state index is 0.0168. The summed E-state index contributed by atoms with van der Waals surface area (Å²) >= 11 is 0. The smallest absolute Gasteiger partial charge is 0.243 e. The van der Waals surface area contributed by atoms with Gasteiger partial charge in [-0.15, -0.1) is 0 Å². The molecule has 3 N–H and O–H groups in total. The summed E-state index contributed by atoms with van der Waals surface area (Å²) in [7, 11) is 1.61. The first-order valence-electron chi connectivity index (χ1n) is 19.5. The van der Waals surface area contributed by atoms with Gasteiger partial charge in [-0.3, -0.25) is 19.2 Å². The number of carbonyl (C=O) groups excluding carboxylic acids is 4. The lowest BCUT2D eigenvalue weighted by molar-refractivity contribution is -0.140. The summed E-state index contributed by atoms with van der Waals surface area (Å²) in [5, 5.41) is 3.81. The molecule has 2 aliphatic heterocycles. The zero-order valence-electron chi connectivity index (χ0n) is 30.9. The number of methoxy groups -OCH3 is 1. The summed E-state index contributed by atoms with van der Waals surface area (Å²) in [5.74, 6) is -1.36. The van der Waals surface area contributed by atoms with Crippen LogP contribution in [0.4, 0.5) is 0 Å². The van der Waals surface area contributed by atoms with Crippen LogP contribution in [0.3, 0.4) is 0 Å². The molecule has 1 saturated heterocycles. The number of piperidine rings is 1. The van der Waals surface area contributed by atoms with Crippen LogP contribution in [0, 0.1) is 29.6 Å². The van der Waals surface area contributed by atoms with Crippen molar-refractivity contribution in [3.05, 3.63) is 66.7 Å². The van der Waals surface area contributed by atoms with Crippen molar-refractivity contribution in [3.63, 3.8) is 0 Å². The van der Waals surface area contributed by atoms with E-state index in [1.54, 1.807) is 7.11 Å². The van der Waals surface area contributed by atoms with E-state index in [1.807, 2.05) is 65.6 Å². The highest BCUT2D eigenvalue weighted by molar-refractivity contribution is 5.98. The van der Waals surface area contributed by atoms with Crippen LogP contribution in [-0.2, 0) is 19.2 Å². The Morgan fingerprint density at radius 2 is 1.81 bits per heavy atom. The molecule has 3 amide bonds. The average Bonchev–Trinajstić information content (AvgIpc) is 3.70. The molecule has 3 heterocycles. The van der Waals surface area contributed by atoms with E-state index in [1.165, 1.54) is 0 Å². The number of hydrogen-bond donors (Lipinski definition) is 2. The van der Waals surface area contributed by atoms with Crippen LogP contribution in [0.1, 0.15) is 77.6 Å². The van der Waals surface area contributed by atoms with Crippen molar-refractivity contribution in [2.24, 2.45) is 35.3 Å².